The van der Waals surface area contributed by atoms with Crippen LogP contribution in [0.25, 0.3) is 0 Å². The van der Waals surface area contributed by atoms with Crippen molar-refractivity contribution >= 4 is 17.5 Å². The molecule has 4 heteroatoms. The van der Waals surface area contributed by atoms with E-state index in [9.17, 15) is 9.59 Å². The predicted molar refractivity (Wildman–Crippen MR) is 72.6 cm³/mol. The highest BCUT2D eigenvalue weighted by molar-refractivity contribution is 5.91. The predicted octanol–water partition coefficient (Wildman–Crippen LogP) is 1.79. The number of rotatable bonds is 4. The van der Waals surface area contributed by atoms with Crippen LogP contribution in [0.3, 0.4) is 0 Å². The monoisotopic (exact) mass is 248 g/mol. The molecule has 0 saturated carbocycles. The molecule has 1 N–H and O–H groups in total. The average Bonchev–Trinajstić information content (AvgIpc) is 2.27. The van der Waals surface area contributed by atoms with Crippen molar-refractivity contribution in [1.82, 2.24) is 5.32 Å². The zero-order valence-electron chi connectivity index (χ0n) is 11.4. The summed E-state index contributed by atoms with van der Waals surface area (Å²) in [6.07, 6.45) is 0. The van der Waals surface area contributed by atoms with Crippen molar-refractivity contribution in [2.24, 2.45) is 0 Å². The molecule has 0 spiro atoms. The second-order valence-corrected chi connectivity index (χ2v) is 4.42. The van der Waals surface area contributed by atoms with Gasteiger partial charge in [-0.2, -0.15) is 0 Å². The summed E-state index contributed by atoms with van der Waals surface area (Å²) in [5, 5.41) is 2.69. The van der Waals surface area contributed by atoms with Gasteiger partial charge in [0.05, 0.1) is 0 Å². The second kappa shape index (κ2) is 6.19. The molecule has 0 atom stereocenters. The molecule has 0 aliphatic rings. The summed E-state index contributed by atoms with van der Waals surface area (Å²) >= 11 is 0. The van der Waals surface area contributed by atoms with Crippen molar-refractivity contribution in [1.29, 1.82) is 0 Å². The molecule has 1 aromatic rings. The fourth-order valence-corrected chi connectivity index (χ4v) is 1.71. The van der Waals surface area contributed by atoms with E-state index in [2.05, 4.69) is 5.32 Å². The maximum absolute atomic E-state index is 11.6. The summed E-state index contributed by atoms with van der Waals surface area (Å²) in [6, 6.07) is 5.92. The number of aryl methyl sites for hydroxylation is 2. The molecular formula is C14H20N2O2. The number of anilines is 1. The average molecular weight is 248 g/mol. The van der Waals surface area contributed by atoms with Gasteiger partial charge in [-0.3, -0.25) is 9.59 Å². The Morgan fingerprint density at radius 3 is 2.33 bits per heavy atom. The maximum Gasteiger partial charge on any atom is 0.223 e. The minimum Gasteiger partial charge on any atom is -0.355 e. The Balaban J connectivity index is 2.80. The van der Waals surface area contributed by atoms with Crippen LogP contribution in [0.4, 0.5) is 5.69 Å². The third-order valence-corrected chi connectivity index (χ3v) is 2.89. The van der Waals surface area contributed by atoms with Crippen LogP contribution < -0.4 is 10.2 Å². The van der Waals surface area contributed by atoms with Gasteiger partial charge in [0.2, 0.25) is 11.8 Å². The van der Waals surface area contributed by atoms with Crippen LogP contribution in [0.2, 0.25) is 0 Å². The van der Waals surface area contributed by atoms with Gasteiger partial charge in [-0.1, -0.05) is 6.07 Å². The van der Waals surface area contributed by atoms with Gasteiger partial charge in [0.25, 0.3) is 0 Å². The number of hydrogen-bond donors (Lipinski definition) is 1. The van der Waals surface area contributed by atoms with E-state index < -0.39 is 0 Å². The molecular weight excluding hydrogens is 228 g/mol. The Labute approximate surface area is 108 Å². The molecule has 0 saturated heterocycles. The highest BCUT2D eigenvalue weighted by Gasteiger charge is 2.11. The molecule has 0 heterocycles. The van der Waals surface area contributed by atoms with Gasteiger partial charge in [-0.05, 0) is 37.1 Å². The van der Waals surface area contributed by atoms with Crippen molar-refractivity contribution in [3.63, 3.8) is 0 Å². The van der Waals surface area contributed by atoms with Gasteiger partial charge < -0.3 is 10.2 Å². The zero-order chi connectivity index (χ0) is 13.7. The first-order chi connectivity index (χ1) is 8.41. The van der Waals surface area contributed by atoms with Crippen LogP contribution in [0.15, 0.2) is 18.2 Å². The molecule has 2 amide bonds. The molecule has 0 aliphatic carbocycles. The minimum atomic E-state index is -0.0846. The van der Waals surface area contributed by atoms with Gasteiger partial charge >= 0.3 is 0 Å². The molecule has 0 unspecified atom stereocenters. The first kappa shape index (κ1) is 14.2. The smallest absolute Gasteiger partial charge is 0.223 e. The van der Waals surface area contributed by atoms with E-state index in [-0.39, 0.29) is 11.8 Å². The maximum atomic E-state index is 11.6. The van der Waals surface area contributed by atoms with Crippen LogP contribution >= 0.6 is 0 Å². The molecule has 0 radical (unpaired) electrons. The zero-order valence-corrected chi connectivity index (χ0v) is 11.4. The Hall–Kier alpha value is -1.84. The lowest BCUT2D eigenvalue weighted by Gasteiger charge is -2.22. The third kappa shape index (κ3) is 3.87. The SMILES string of the molecule is CC(=O)NCCN(C(C)=O)c1ccc(C)c(C)c1. The second-order valence-electron chi connectivity index (χ2n) is 4.42. The topological polar surface area (TPSA) is 49.4 Å². The summed E-state index contributed by atoms with van der Waals surface area (Å²) in [6.45, 7) is 8.00. The molecule has 0 bridgehead atoms. The van der Waals surface area contributed by atoms with Crippen LogP contribution in [0.5, 0.6) is 0 Å². The highest BCUT2D eigenvalue weighted by Crippen LogP contribution is 2.18. The Morgan fingerprint density at radius 2 is 1.83 bits per heavy atom. The van der Waals surface area contributed by atoms with Crippen molar-refractivity contribution in [3.05, 3.63) is 29.3 Å². The summed E-state index contributed by atoms with van der Waals surface area (Å²) < 4.78 is 0. The summed E-state index contributed by atoms with van der Waals surface area (Å²) in [4.78, 5) is 24.1. The van der Waals surface area contributed by atoms with Gasteiger partial charge in [-0.15, -0.1) is 0 Å². The molecule has 98 valence electrons. The van der Waals surface area contributed by atoms with Gasteiger partial charge in [0.1, 0.15) is 0 Å². The molecule has 0 fully saturated rings. The van der Waals surface area contributed by atoms with E-state index in [1.165, 1.54) is 19.4 Å². The van der Waals surface area contributed by atoms with Crippen molar-refractivity contribution in [2.75, 3.05) is 18.0 Å². The van der Waals surface area contributed by atoms with Crippen LogP contribution in [0.1, 0.15) is 25.0 Å². The van der Waals surface area contributed by atoms with E-state index in [4.69, 9.17) is 0 Å². The molecule has 4 nitrogen and oxygen atoms in total. The van der Waals surface area contributed by atoms with Gasteiger partial charge in [0, 0.05) is 32.6 Å². The van der Waals surface area contributed by atoms with Crippen molar-refractivity contribution in [2.45, 2.75) is 27.7 Å². The third-order valence-electron chi connectivity index (χ3n) is 2.89. The van der Waals surface area contributed by atoms with Crippen LogP contribution in [-0.4, -0.2) is 24.9 Å². The minimum absolute atomic E-state index is 0.0244. The van der Waals surface area contributed by atoms with E-state index in [0.717, 1.165) is 11.3 Å². The number of carbonyl (C=O) groups excluding carboxylic acids is 2. The largest absolute Gasteiger partial charge is 0.355 e. The van der Waals surface area contributed by atoms with Gasteiger partial charge in [0.15, 0.2) is 0 Å². The quantitative estimate of drug-likeness (QED) is 0.883. The fourth-order valence-electron chi connectivity index (χ4n) is 1.71. The summed E-state index contributed by atoms with van der Waals surface area (Å²) in [5.74, 6) is -0.109. The molecule has 1 rings (SSSR count). The first-order valence-corrected chi connectivity index (χ1v) is 6.01. The fraction of sp³-hybridized carbons (Fsp3) is 0.429. The molecule has 0 aliphatic heterocycles. The lowest BCUT2D eigenvalue weighted by atomic mass is 10.1. The Morgan fingerprint density at radius 1 is 1.17 bits per heavy atom. The number of carbonyl (C=O) groups is 2. The lowest BCUT2D eigenvalue weighted by molar-refractivity contribution is -0.119. The number of nitrogens with zero attached hydrogens (tertiary/aromatic N) is 1. The standard InChI is InChI=1S/C14H20N2O2/c1-10-5-6-14(9-11(10)2)16(13(4)18)8-7-15-12(3)17/h5-6,9H,7-8H2,1-4H3,(H,15,17). The number of hydrogen-bond acceptors (Lipinski definition) is 2. The molecule has 0 aromatic heterocycles. The van der Waals surface area contributed by atoms with Crippen molar-refractivity contribution in [3.8, 4) is 0 Å². The lowest BCUT2D eigenvalue weighted by Crippen LogP contribution is -2.36. The van der Waals surface area contributed by atoms with Crippen molar-refractivity contribution < 1.29 is 9.59 Å². The van der Waals surface area contributed by atoms with Crippen LogP contribution in [0, 0.1) is 13.8 Å². The summed E-state index contributed by atoms with van der Waals surface area (Å²) in [7, 11) is 0. The Kier molecular flexibility index (Phi) is 4.89. The number of amides is 2. The Bertz CT molecular complexity index is 455. The highest BCUT2D eigenvalue weighted by atomic mass is 16.2. The molecule has 1 aromatic carbocycles. The van der Waals surface area contributed by atoms with E-state index >= 15 is 0 Å². The first-order valence-electron chi connectivity index (χ1n) is 6.01. The number of nitrogens with one attached hydrogen (secondary N) is 1. The van der Waals surface area contributed by atoms with E-state index in [1.54, 1.807) is 4.90 Å². The number of benzene rings is 1. The normalized spacial score (nSPS) is 10.0. The van der Waals surface area contributed by atoms with E-state index in [1.807, 2.05) is 32.0 Å². The van der Waals surface area contributed by atoms with Crippen LogP contribution in [-0.2, 0) is 9.59 Å². The summed E-state index contributed by atoms with van der Waals surface area (Å²) in [5.41, 5.74) is 3.22. The van der Waals surface area contributed by atoms with E-state index in [0.29, 0.717) is 13.1 Å². The van der Waals surface area contributed by atoms with Gasteiger partial charge in [-0.25, -0.2) is 0 Å². The molecule has 18 heavy (non-hydrogen) atoms.